The maximum absolute atomic E-state index is 8.97. The van der Waals surface area contributed by atoms with Gasteiger partial charge in [-0.05, 0) is 13.8 Å². The molecule has 0 amide bonds. The van der Waals surface area contributed by atoms with Crippen molar-refractivity contribution < 1.29 is 5.11 Å². The molecule has 3 N–H and O–H groups in total. The Labute approximate surface area is 65.9 Å². The number of hydrogen-bond donors (Lipinski definition) is 3. The fourth-order valence-electron chi connectivity index (χ4n) is 0.439. The van der Waals surface area contributed by atoms with Crippen LogP contribution < -0.4 is 5.32 Å². The Morgan fingerprint density at radius 2 is 2.10 bits per heavy atom. The highest BCUT2D eigenvalue weighted by molar-refractivity contribution is 6.27. The fourth-order valence-corrected chi connectivity index (χ4v) is 0.637. The van der Waals surface area contributed by atoms with Gasteiger partial charge in [0.15, 0.2) is 0 Å². The lowest BCUT2D eigenvalue weighted by atomic mass is 10.2. The van der Waals surface area contributed by atoms with Crippen molar-refractivity contribution in [2.75, 3.05) is 0 Å². The van der Waals surface area contributed by atoms with E-state index >= 15 is 0 Å². The number of halogens is 1. The van der Waals surface area contributed by atoms with Crippen LogP contribution in [-0.2, 0) is 0 Å². The summed E-state index contributed by atoms with van der Waals surface area (Å²) < 4.78 is 0. The van der Waals surface area contributed by atoms with Gasteiger partial charge in [-0.15, -0.1) is 0 Å². The maximum Gasteiger partial charge on any atom is 0.118 e. The topological polar surface area (TPSA) is 56.1 Å². The zero-order valence-electron chi connectivity index (χ0n) is 6.13. The van der Waals surface area contributed by atoms with E-state index in [1.54, 1.807) is 6.92 Å². The molecule has 0 aromatic rings. The minimum Gasteiger partial charge on any atom is -0.392 e. The van der Waals surface area contributed by atoms with Crippen molar-refractivity contribution >= 4 is 17.8 Å². The number of aliphatic hydroxyl groups excluding tert-OH is 1. The van der Waals surface area contributed by atoms with E-state index < -0.39 is 11.6 Å². The molecule has 0 heterocycles. The second-order valence-electron chi connectivity index (χ2n) is 2.26. The molecule has 0 rings (SSSR count). The quantitative estimate of drug-likeness (QED) is 0.323. The Kier molecular flexibility index (Phi) is 4.60. The van der Waals surface area contributed by atoms with Gasteiger partial charge in [-0.3, -0.25) is 5.32 Å². The van der Waals surface area contributed by atoms with Crippen LogP contribution >= 0.6 is 11.6 Å². The molecule has 0 bridgehead atoms. The van der Waals surface area contributed by atoms with Gasteiger partial charge in [0.1, 0.15) is 5.50 Å². The lowest BCUT2D eigenvalue weighted by Crippen LogP contribution is -2.40. The smallest absolute Gasteiger partial charge is 0.118 e. The second-order valence-corrected chi connectivity index (χ2v) is 2.73. The second kappa shape index (κ2) is 4.66. The zero-order chi connectivity index (χ0) is 8.15. The van der Waals surface area contributed by atoms with Crippen molar-refractivity contribution in [1.29, 1.82) is 5.41 Å². The summed E-state index contributed by atoms with van der Waals surface area (Å²) in [5.41, 5.74) is -0.482. The van der Waals surface area contributed by atoms with Crippen LogP contribution in [0.5, 0.6) is 0 Å². The van der Waals surface area contributed by atoms with Gasteiger partial charge in [-0.1, -0.05) is 11.6 Å². The van der Waals surface area contributed by atoms with Crippen molar-refractivity contribution in [2.24, 2.45) is 0 Å². The van der Waals surface area contributed by atoms with Gasteiger partial charge < -0.3 is 10.5 Å². The molecule has 60 valence electrons. The maximum atomic E-state index is 8.97. The molecule has 4 heteroatoms. The van der Waals surface area contributed by atoms with Crippen LogP contribution in [0.1, 0.15) is 13.8 Å². The van der Waals surface area contributed by atoms with Crippen LogP contribution in [0.4, 0.5) is 0 Å². The third-order valence-electron chi connectivity index (χ3n) is 1.29. The molecule has 3 atom stereocenters. The van der Waals surface area contributed by atoms with Gasteiger partial charge in [0.2, 0.25) is 0 Å². The summed E-state index contributed by atoms with van der Waals surface area (Å²) in [6.07, 6.45) is 0.640. The highest BCUT2D eigenvalue weighted by Crippen LogP contribution is 1.94. The Hall–Kier alpha value is -0.120. The van der Waals surface area contributed by atoms with Gasteiger partial charge in [-0.2, -0.15) is 0 Å². The third-order valence-corrected chi connectivity index (χ3v) is 1.54. The van der Waals surface area contributed by atoms with Gasteiger partial charge >= 0.3 is 0 Å². The molecule has 3 nitrogen and oxygen atoms in total. The molecule has 0 saturated heterocycles. The standard InChI is InChI=1S/C6H13ClN2O/c1-4(5(2)10)9-6(7)3-8/h3-6,8-10H,1-2H3/t4-,5-,6-/m1/s1. The first kappa shape index (κ1) is 9.88. The summed E-state index contributed by atoms with van der Waals surface area (Å²) in [6.45, 7) is 3.48. The molecule has 0 aliphatic rings. The van der Waals surface area contributed by atoms with E-state index in [-0.39, 0.29) is 6.04 Å². The molecular weight excluding hydrogens is 152 g/mol. The monoisotopic (exact) mass is 164 g/mol. The van der Waals surface area contributed by atoms with Gasteiger partial charge in [0.25, 0.3) is 0 Å². The van der Waals surface area contributed by atoms with Crippen LogP contribution in [0.2, 0.25) is 0 Å². The van der Waals surface area contributed by atoms with Crippen LogP contribution in [0.3, 0.4) is 0 Å². The Bertz CT molecular complexity index is 108. The SMILES string of the molecule is C[C@@H](O)[C@@H](C)N[C@@H](Cl)C=N. The van der Waals surface area contributed by atoms with E-state index in [0.29, 0.717) is 0 Å². The van der Waals surface area contributed by atoms with Gasteiger partial charge in [0, 0.05) is 12.3 Å². The zero-order valence-corrected chi connectivity index (χ0v) is 6.89. The van der Waals surface area contributed by atoms with Crippen LogP contribution in [-0.4, -0.2) is 29.0 Å². The lowest BCUT2D eigenvalue weighted by molar-refractivity contribution is 0.154. The molecule has 0 aliphatic heterocycles. The first-order valence-electron chi connectivity index (χ1n) is 3.16. The lowest BCUT2D eigenvalue weighted by Gasteiger charge is -2.17. The van der Waals surface area contributed by atoms with E-state index in [2.05, 4.69) is 5.32 Å². The van der Waals surface area contributed by atoms with Crippen molar-refractivity contribution in [2.45, 2.75) is 31.5 Å². The van der Waals surface area contributed by atoms with Crippen molar-refractivity contribution in [3.8, 4) is 0 Å². The minimum absolute atomic E-state index is 0.0795. The molecule has 0 aromatic heterocycles. The Morgan fingerprint density at radius 1 is 1.60 bits per heavy atom. The highest BCUT2D eigenvalue weighted by atomic mass is 35.5. The first-order valence-corrected chi connectivity index (χ1v) is 3.60. The highest BCUT2D eigenvalue weighted by Gasteiger charge is 2.10. The van der Waals surface area contributed by atoms with Crippen LogP contribution in [0.15, 0.2) is 0 Å². The molecular formula is C6H13ClN2O. The van der Waals surface area contributed by atoms with E-state index in [1.807, 2.05) is 6.92 Å². The van der Waals surface area contributed by atoms with Crippen LogP contribution in [0, 0.1) is 5.41 Å². The summed E-state index contributed by atoms with van der Waals surface area (Å²) in [6, 6.07) is -0.0795. The number of rotatable bonds is 4. The third kappa shape index (κ3) is 3.82. The first-order chi connectivity index (χ1) is 4.57. The van der Waals surface area contributed by atoms with E-state index in [9.17, 15) is 0 Å². The number of alkyl halides is 1. The molecule has 0 unspecified atom stereocenters. The molecule has 0 saturated carbocycles. The molecule has 0 spiro atoms. The molecule has 0 radical (unpaired) electrons. The summed E-state index contributed by atoms with van der Waals surface area (Å²) in [7, 11) is 0. The summed E-state index contributed by atoms with van der Waals surface area (Å²) in [5, 5.41) is 18.5. The van der Waals surface area contributed by atoms with Crippen molar-refractivity contribution in [3.63, 3.8) is 0 Å². The van der Waals surface area contributed by atoms with Crippen molar-refractivity contribution in [1.82, 2.24) is 5.32 Å². The summed E-state index contributed by atoms with van der Waals surface area (Å²) in [5.74, 6) is 0. The van der Waals surface area contributed by atoms with E-state index in [0.717, 1.165) is 6.21 Å². The van der Waals surface area contributed by atoms with Crippen LogP contribution in [0.25, 0.3) is 0 Å². The van der Waals surface area contributed by atoms with E-state index in [1.165, 1.54) is 0 Å². The number of aliphatic hydroxyl groups is 1. The molecule has 0 aromatic carbocycles. The fraction of sp³-hybridized carbons (Fsp3) is 0.833. The normalized spacial score (nSPS) is 19.6. The summed E-state index contributed by atoms with van der Waals surface area (Å²) in [4.78, 5) is 0. The predicted octanol–water partition coefficient (Wildman–Crippen LogP) is 0.560. The largest absolute Gasteiger partial charge is 0.392 e. The minimum atomic E-state index is -0.482. The predicted molar refractivity (Wildman–Crippen MR) is 42.7 cm³/mol. The molecule has 0 fully saturated rings. The van der Waals surface area contributed by atoms with Crippen molar-refractivity contribution in [3.05, 3.63) is 0 Å². The average Bonchev–Trinajstić information content (AvgIpc) is 1.87. The summed E-state index contributed by atoms with van der Waals surface area (Å²) >= 11 is 5.54. The molecule has 10 heavy (non-hydrogen) atoms. The molecule has 0 aliphatic carbocycles. The van der Waals surface area contributed by atoms with E-state index in [4.69, 9.17) is 22.1 Å². The van der Waals surface area contributed by atoms with Gasteiger partial charge in [-0.25, -0.2) is 0 Å². The van der Waals surface area contributed by atoms with Gasteiger partial charge in [0.05, 0.1) is 6.10 Å². The number of hydrogen-bond acceptors (Lipinski definition) is 3. The Balaban J connectivity index is 3.56. The Morgan fingerprint density at radius 3 is 2.40 bits per heavy atom. The average molecular weight is 165 g/mol. The number of nitrogens with one attached hydrogen (secondary N) is 2.